The van der Waals surface area contributed by atoms with Crippen LogP contribution < -0.4 is 11.1 Å². The first kappa shape index (κ1) is 21.0. The topological polar surface area (TPSA) is 105 Å². The molecule has 136 valence electrons. The van der Waals surface area contributed by atoms with Crippen LogP contribution in [-0.4, -0.2) is 36.1 Å². The summed E-state index contributed by atoms with van der Waals surface area (Å²) in [7, 11) is -0.284. The van der Waals surface area contributed by atoms with Gasteiger partial charge in [0.2, 0.25) is 0 Å². The summed E-state index contributed by atoms with van der Waals surface area (Å²) < 4.78 is 4.69. The Morgan fingerprint density at radius 1 is 1.20 bits per heavy atom. The zero-order valence-corrected chi connectivity index (χ0v) is 15.0. The SMILES string of the molecule is CC(C)C[C@H](N)OBO.C[C@H](Nc1cccc2ccccc12)C(=O)O. The van der Waals surface area contributed by atoms with E-state index in [1.54, 1.807) is 6.92 Å². The van der Waals surface area contributed by atoms with Gasteiger partial charge in [-0.2, -0.15) is 0 Å². The number of hydrogen-bond acceptors (Lipinski definition) is 5. The van der Waals surface area contributed by atoms with Crippen LogP contribution in [0.4, 0.5) is 5.69 Å². The lowest BCUT2D eigenvalue weighted by atomic mass is 10.1. The Morgan fingerprint density at radius 3 is 2.44 bits per heavy atom. The van der Waals surface area contributed by atoms with Crippen molar-refractivity contribution in [1.29, 1.82) is 0 Å². The number of fused-ring (bicyclic) bond motifs is 1. The quantitative estimate of drug-likeness (QED) is 0.453. The second-order valence-electron chi connectivity index (χ2n) is 6.19. The molecule has 0 aliphatic carbocycles. The molecule has 2 aromatic rings. The molecule has 2 atom stereocenters. The molecule has 0 saturated heterocycles. The summed E-state index contributed by atoms with van der Waals surface area (Å²) in [5.74, 6) is -0.334. The minimum Gasteiger partial charge on any atom is -0.480 e. The van der Waals surface area contributed by atoms with E-state index in [2.05, 4.69) is 23.8 Å². The molecular formula is C18H27BN2O4. The van der Waals surface area contributed by atoms with E-state index in [1.807, 2.05) is 42.5 Å². The summed E-state index contributed by atoms with van der Waals surface area (Å²) in [6.45, 7) is 5.74. The number of carbonyl (C=O) groups is 1. The van der Waals surface area contributed by atoms with Gasteiger partial charge in [-0.3, -0.25) is 4.79 Å². The van der Waals surface area contributed by atoms with Crippen LogP contribution in [0, 0.1) is 5.92 Å². The zero-order valence-electron chi connectivity index (χ0n) is 15.0. The Labute approximate surface area is 149 Å². The predicted octanol–water partition coefficient (Wildman–Crippen LogP) is 2.32. The van der Waals surface area contributed by atoms with E-state index < -0.39 is 12.0 Å². The van der Waals surface area contributed by atoms with Gasteiger partial charge < -0.3 is 25.8 Å². The highest BCUT2D eigenvalue weighted by Crippen LogP contribution is 2.23. The van der Waals surface area contributed by atoms with Crippen molar-refractivity contribution in [3.8, 4) is 0 Å². The van der Waals surface area contributed by atoms with Crippen LogP contribution in [0.5, 0.6) is 0 Å². The molecule has 0 aliphatic heterocycles. The van der Waals surface area contributed by atoms with Crippen LogP contribution >= 0.6 is 0 Å². The van der Waals surface area contributed by atoms with Gasteiger partial charge in [0.1, 0.15) is 6.04 Å². The molecule has 0 bridgehead atoms. The van der Waals surface area contributed by atoms with Crippen LogP contribution in [0.15, 0.2) is 42.5 Å². The summed E-state index contributed by atoms with van der Waals surface area (Å²) in [5.41, 5.74) is 6.26. The lowest BCUT2D eigenvalue weighted by molar-refractivity contribution is -0.137. The molecule has 7 heteroatoms. The summed E-state index contributed by atoms with van der Waals surface area (Å²) >= 11 is 0. The van der Waals surface area contributed by atoms with Crippen molar-refractivity contribution >= 4 is 30.1 Å². The molecule has 0 saturated carbocycles. The normalized spacial score (nSPS) is 12.9. The lowest BCUT2D eigenvalue weighted by Gasteiger charge is -2.12. The van der Waals surface area contributed by atoms with Crippen LogP contribution in [0.25, 0.3) is 10.8 Å². The fraction of sp³-hybridized carbons (Fsp3) is 0.389. The predicted molar refractivity (Wildman–Crippen MR) is 103 cm³/mol. The molecule has 0 heterocycles. The third-order valence-electron chi connectivity index (χ3n) is 3.52. The van der Waals surface area contributed by atoms with Crippen molar-refractivity contribution in [2.75, 3.05) is 5.32 Å². The number of rotatable bonds is 7. The van der Waals surface area contributed by atoms with Crippen LogP contribution in [0.2, 0.25) is 0 Å². The smallest absolute Gasteiger partial charge is 0.436 e. The van der Waals surface area contributed by atoms with E-state index in [0.717, 1.165) is 22.9 Å². The van der Waals surface area contributed by atoms with Crippen LogP contribution in [0.3, 0.4) is 0 Å². The van der Waals surface area contributed by atoms with Crippen LogP contribution in [0.1, 0.15) is 27.2 Å². The molecule has 5 N–H and O–H groups in total. The number of hydrogen-bond donors (Lipinski definition) is 4. The molecule has 0 aliphatic rings. The van der Waals surface area contributed by atoms with Gasteiger partial charge in [0.25, 0.3) is 0 Å². The van der Waals surface area contributed by atoms with E-state index >= 15 is 0 Å². The van der Waals surface area contributed by atoms with Crippen molar-refractivity contribution in [3.05, 3.63) is 42.5 Å². The fourth-order valence-electron chi connectivity index (χ4n) is 2.27. The third kappa shape index (κ3) is 7.56. The highest BCUT2D eigenvalue weighted by molar-refractivity contribution is 6.15. The average Bonchev–Trinajstić information content (AvgIpc) is 2.55. The Morgan fingerprint density at radius 2 is 1.84 bits per heavy atom. The van der Waals surface area contributed by atoms with Gasteiger partial charge in [0, 0.05) is 11.1 Å². The van der Waals surface area contributed by atoms with Crippen molar-refractivity contribution in [3.63, 3.8) is 0 Å². The van der Waals surface area contributed by atoms with E-state index in [0.29, 0.717) is 5.92 Å². The molecule has 0 fully saturated rings. The van der Waals surface area contributed by atoms with Crippen molar-refractivity contribution < 1.29 is 19.6 Å². The highest BCUT2D eigenvalue weighted by Gasteiger charge is 2.11. The average molecular weight is 346 g/mol. The summed E-state index contributed by atoms with van der Waals surface area (Å²) in [4.78, 5) is 10.8. The van der Waals surface area contributed by atoms with Crippen molar-refractivity contribution in [2.45, 2.75) is 39.5 Å². The van der Waals surface area contributed by atoms with E-state index in [9.17, 15) is 4.79 Å². The fourth-order valence-corrected chi connectivity index (χ4v) is 2.27. The molecule has 2 rings (SSSR count). The Balaban J connectivity index is 0.000000299. The second-order valence-corrected chi connectivity index (χ2v) is 6.19. The molecule has 0 amide bonds. The summed E-state index contributed by atoms with van der Waals surface area (Å²) in [6, 6.07) is 13.1. The maximum atomic E-state index is 10.8. The van der Waals surface area contributed by atoms with Gasteiger partial charge in [0.05, 0.1) is 6.23 Å². The third-order valence-corrected chi connectivity index (χ3v) is 3.52. The number of nitrogens with one attached hydrogen (secondary N) is 1. The summed E-state index contributed by atoms with van der Waals surface area (Å²) in [5, 5.41) is 22.2. The first-order valence-electron chi connectivity index (χ1n) is 8.30. The molecular weight excluding hydrogens is 319 g/mol. The molecule has 2 aromatic carbocycles. The van der Waals surface area contributed by atoms with Gasteiger partial charge in [0.15, 0.2) is 0 Å². The Kier molecular flexibility index (Phi) is 8.98. The molecule has 0 unspecified atom stereocenters. The number of nitrogens with two attached hydrogens (primary N) is 1. The molecule has 0 aromatic heterocycles. The van der Waals surface area contributed by atoms with E-state index in [1.165, 1.54) is 0 Å². The molecule has 0 spiro atoms. The standard InChI is InChI=1S/C13H13NO2.C5H14BNO2/c1-9(13(15)16)14-12-8-4-6-10-5-2-3-7-11(10)12;1-4(2)3-5(7)9-6-8/h2-9,14H,1H3,(H,15,16);4-6,8H,3,7H2,1-2H3/t9-;5-/m01/s1. The number of benzene rings is 2. The number of carboxylic acid groups (broad SMARTS) is 1. The van der Waals surface area contributed by atoms with Gasteiger partial charge in [-0.25, -0.2) is 0 Å². The van der Waals surface area contributed by atoms with E-state index in [-0.39, 0.29) is 13.9 Å². The van der Waals surface area contributed by atoms with E-state index in [4.69, 9.17) is 15.9 Å². The lowest BCUT2D eigenvalue weighted by Crippen LogP contribution is -2.27. The monoisotopic (exact) mass is 346 g/mol. The first-order chi connectivity index (χ1) is 11.8. The second kappa shape index (κ2) is 10.7. The largest absolute Gasteiger partial charge is 0.480 e. The van der Waals surface area contributed by atoms with Crippen LogP contribution in [-0.2, 0) is 9.45 Å². The maximum Gasteiger partial charge on any atom is 0.436 e. The van der Waals surface area contributed by atoms with Gasteiger partial charge in [-0.1, -0.05) is 50.2 Å². The molecule has 0 radical (unpaired) electrons. The minimum absolute atomic E-state index is 0.284. The molecule has 25 heavy (non-hydrogen) atoms. The van der Waals surface area contributed by atoms with Gasteiger partial charge in [-0.15, -0.1) is 0 Å². The Bertz CT molecular complexity index is 661. The minimum atomic E-state index is -0.854. The molecule has 6 nitrogen and oxygen atoms in total. The first-order valence-corrected chi connectivity index (χ1v) is 8.30. The highest BCUT2D eigenvalue weighted by atomic mass is 16.5. The number of carboxylic acids is 1. The van der Waals surface area contributed by atoms with Crippen molar-refractivity contribution in [2.24, 2.45) is 11.7 Å². The van der Waals surface area contributed by atoms with Gasteiger partial charge in [-0.05, 0) is 30.7 Å². The van der Waals surface area contributed by atoms with Crippen molar-refractivity contribution in [1.82, 2.24) is 0 Å². The van der Waals surface area contributed by atoms with Gasteiger partial charge >= 0.3 is 13.7 Å². The summed E-state index contributed by atoms with van der Waals surface area (Å²) in [6.07, 6.45) is 0.482. The number of aliphatic carboxylic acids is 1. The Hall–Kier alpha value is -2.09. The maximum absolute atomic E-state index is 10.8. The number of anilines is 1. The zero-order chi connectivity index (χ0) is 18.8.